The van der Waals surface area contributed by atoms with Gasteiger partial charge in [-0.25, -0.2) is 4.79 Å². The molecule has 0 unspecified atom stereocenters. The molecule has 1 aromatic carbocycles. The van der Waals surface area contributed by atoms with Crippen molar-refractivity contribution >= 4 is 6.03 Å². The molecule has 108 valence electrons. The molecule has 20 heavy (non-hydrogen) atoms. The number of urea groups is 1. The maximum absolute atomic E-state index is 12.1. The zero-order valence-electron chi connectivity index (χ0n) is 11.9. The molecule has 2 aliphatic rings. The number of carbonyl (C=O) groups is 1. The second-order valence-corrected chi connectivity index (χ2v) is 5.89. The van der Waals surface area contributed by atoms with Crippen molar-refractivity contribution < 1.29 is 9.53 Å². The van der Waals surface area contributed by atoms with Gasteiger partial charge in [-0.1, -0.05) is 24.3 Å². The lowest BCUT2D eigenvalue weighted by molar-refractivity contribution is 0.157. The molecule has 1 fully saturated rings. The lowest BCUT2D eigenvalue weighted by Crippen LogP contribution is -2.48. The molecule has 0 bridgehead atoms. The Morgan fingerprint density at radius 2 is 1.95 bits per heavy atom. The van der Waals surface area contributed by atoms with E-state index in [1.807, 2.05) is 0 Å². The van der Waals surface area contributed by atoms with Gasteiger partial charge in [-0.15, -0.1) is 0 Å². The topological polar surface area (TPSA) is 50.4 Å². The van der Waals surface area contributed by atoms with Crippen molar-refractivity contribution in [2.45, 2.75) is 37.8 Å². The van der Waals surface area contributed by atoms with E-state index in [4.69, 9.17) is 4.74 Å². The van der Waals surface area contributed by atoms with Crippen LogP contribution >= 0.6 is 0 Å². The van der Waals surface area contributed by atoms with Gasteiger partial charge in [-0.3, -0.25) is 0 Å². The van der Waals surface area contributed by atoms with Crippen LogP contribution in [0.25, 0.3) is 0 Å². The third-order valence-electron chi connectivity index (χ3n) is 4.24. The normalized spacial score (nSPS) is 19.4. The Morgan fingerprint density at radius 3 is 2.50 bits per heavy atom. The van der Waals surface area contributed by atoms with Gasteiger partial charge in [0.05, 0.1) is 12.6 Å². The fourth-order valence-electron chi connectivity index (χ4n) is 3.03. The van der Waals surface area contributed by atoms with Crippen LogP contribution in [-0.2, 0) is 17.6 Å². The number of hydrogen-bond donors (Lipinski definition) is 2. The summed E-state index contributed by atoms with van der Waals surface area (Å²) in [5, 5.41) is 6.15. The molecule has 4 heteroatoms. The summed E-state index contributed by atoms with van der Waals surface area (Å²) >= 11 is 0. The van der Waals surface area contributed by atoms with Crippen molar-refractivity contribution in [1.82, 2.24) is 10.6 Å². The minimum atomic E-state index is -0.0586. The Hall–Kier alpha value is -1.55. The van der Waals surface area contributed by atoms with E-state index < -0.39 is 0 Å². The molecule has 0 heterocycles. The number of carbonyl (C=O) groups excluding carboxylic acids is 1. The fourth-order valence-corrected chi connectivity index (χ4v) is 3.03. The highest BCUT2D eigenvalue weighted by atomic mass is 16.5. The minimum Gasteiger partial charge on any atom is -0.383 e. The summed E-state index contributed by atoms with van der Waals surface area (Å²) in [6.45, 7) is 0.600. The van der Waals surface area contributed by atoms with Gasteiger partial charge in [-0.05, 0) is 42.7 Å². The predicted molar refractivity (Wildman–Crippen MR) is 77.7 cm³/mol. The summed E-state index contributed by atoms with van der Waals surface area (Å²) in [6.07, 6.45) is 4.26. The minimum absolute atomic E-state index is 0.0586. The van der Waals surface area contributed by atoms with Crippen molar-refractivity contribution in [1.29, 1.82) is 0 Å². The van der Waals surface area contributed by atoms with E-state index in [2.05, 4.69) is 34.9 Å². The lowest BCUT2D eigenvalue weighted by atomic mass is 10.1. The van der Waals surface area contributed by atoms with Gasteiger partial charge in [0, 0.05) is 13.2 Å². The number of hydrogen-bond acceptors (Lipinski definition) is 2. The molecule has 0 radical (unpaired) electrons. The third kappa shape index (κ3) is 3.12. The van der Waals surface area contributed by atoms with Gasteiger partial charge >= 0.3 is 6.03 Å². The molecule has 1 saturated carbocycles. The third-order valence-corrected chi connectivity index (χ3v) is 4.24. The Morgan fingerprint density at radius 1 is 1.30 bits per heavy atom. The quantitative estimate of drug-likeness (QED) is 0.861. The molecular weight excluding hydrogens is 252 g/mol. The fraction of sp³-hybridized carbons (Fsp3) is 0.562. The van der Waals surface area contributed by atoms with Crippen molar-refractivity contribution in [2.75, 3.05) is 13.7 Å². The highest BCUT2D eigenvalue weighted by Crippen LogP contribution is 2.32. The summed E-state index contributed by atoms with van der Waals surface area (Å²) in [4.78, 5) is 12.1. The van der Waals surface area contributed by atoms with Gasteiger partial charge in [0.1, 0.15) is 0 Å². The van der Waals surface area contributed by atoms with Crippen molar-refractivity contribution in [3.63, 3.8) is 0 Å². The Balaban J connectivity index is 1.50. The SMILES string of the molecule is COC[C@H](NC(=O)NC1Cc2ccccc2C1)C1CC1. The summed E-state index contributed by atoms with van der Waals surface area (Å²) in [5.41, 5.74) is 2.71. The standard InChI is InChI=1S/C16H22N2O2/c1-20-10-15(11-6-7-11)18-16(19)17-14-8-12-4-2-3-5-13(12)9-14/h2-5,11,14-15H,6-10H2,1H3,(H2,17,18,19)/t15-/m0/s1. The number of fused-ring (bicyclic) bond motifs is 1. The van der Waals surface area contributed by atoms with Gasteiger partial charge in [0.25, 0.3) is 0 Å². The first kappa shape index (κ1) is 13.4. The number of amides is 2. The molecule has 4 nitrogen and oxygen atoms in total. The van der Waals surface area contributed by atoms with Gasteiger partial charge in [-0.2, -0.15) is 0 Å². The molecule has 1 atom stereocenters. The number of ether oxygens (including phenoxy) is 1. The van der Waals surface area contributed by atoms with Crippen LogP contribution in [-0.4, -0.2) is 31.8 Å². The van der Waals surface area contributed by atoms with Crippen molar-refractivity contribution in [3.05, 3.63) is 35.4 Å². The van der Waals surface area contributed by atoms with Crippen LogP contribution in [0.3, 0.4) is 0 Å². The Kier molecular flexibility index (Phi) is 3.92. The predicted octanol–water partition coefficient (Wildman–Crippen LogP) is 1.88. The van der Waals surface area contributed by atoms with Crippen LogP contribution in [0, 0.1) is 5.92 Å². The van der Waals surface area contributed by atoms with Crippen LogP contribution in [0.2, 0.25) is 0 Å². The zero-order chi connectivity index (χ0) is 13.9. The molecule has 1 aromatic rings. The van der Waals surface area contributed by atoms with Crippen LogP contribution in [0.15, 0.2) is 24.3 Å². The Labute approximate surface area is 119 Å². The molecule has 0 saturated heterocycles. The first-order valence-corrected chi connectivity index (χ1v) is 7.39. The van der Waals surface area contributed by atoms with Crippen LogP contribution in [0.4, 0.5) is 4.79 Å². The molecular formula is C16H22N2O2. The molecule has 0 aliphatic heterocycles. The van der Waals surface area contributed by atoms with Crippen LogP contribution < -0.4 is 10.6 Å². The largest absolute Gasteiger partial charge is 0.383 e. The van der Waals surface area contributed by atoms with Gasteiger partial charge in [0.15, 0.2) is 0 Å². The van der Waals surface area contributed by atoms with Gasteiger partial charge in [0.2, 0.25) is 0 Å². The average molecular weight is 274 g/mol. The van der Waals surface area contributed by atoms with E-state index in [0.717, 1.165) is 12.8 Å². The average Bonchev–Trinajstić information content (AvgIpc) is 3.19. The molecule has 2 aliphatic carbocycles. The number of benzene rings is 1. The van der Waals surface area contributed by atoms with E-state index >= 15 is 0 Å². The van der Waals surface area contributed by atoms with E-state index in [0.29, 0.717) is 12.5 Å². The van der Waals surface area contributed by atoms with E-state index in [9.17, 15) is 4.79 Å². The number of methoxy groups -OCH3 is 1. The maximum atomic E-state index is 12.1. The number of nitrogens with one attached hydrogen (secondary N) is 2. The van der Waals surface area contributed by atoms with Crippen molar-refractivity contribution in [3.8, 4) is 0 Å². The summed E-state index contributed by atoms with van der Waals surface area (Å²) in [7, 11) is 1.68. The molecule has 0 aromatic heterocycles. The first-order chi connectivity index (χ1) is 9.76. The van der Waals surface area contributed by atoms with E-state index in [1.54, 1.807) is 7.11 Å². The van der Waals surface area contributed by atoms with Crippen LogP contribution in [0.1, 0.15) is 24.0 Å². The summed E-state index contributed by atoms with van der Waals surface area (Å²) < 4.78 is 5.18. The maximum Gasteiger partial charge on any atom is 0.315 e. The lowest BCUT2D eigenvalue weighted by Gasteiger charge is -2.20. The molecule has 0 spiro atoms. The molecule has 2 amide bonds. The smallest absolute Gasteiger partial charge is 0.315 e. The second-order valence-electron chi connectivity index (χ2n) is 5.89. The summed E-state index contributed by atoms with van der Waals surface area (Å²) in [5.74, 6) is 0.599. The van der Waals surface area contributed by atoms with Crippen molar-refractivity contribution in [2.24, 2.45) is 5.92 Å². The highest BCUT2D eigenvalue weighted by Gasteiger charge is 2.32. The van der Waals surface area contributed by atoms with Gasteiger partial charge < -0.3 is 15.4 Å². The van der Waals surface area contributed by atoms with E-state index in [1.165, 1.54) is 24.0 Å². The first-order valence-electron chi connectivity index (χ1n) is 7.39. The highest BCUT2D eigenvalue weighted by molar-refractivity contribution is 5.75. The zero-order valence-corrected chi connectivity index (χ0v) is 11.9. The number of rotatable bonds is 5. The van der Waals surface area contributed by atoms with Crippen LogP contribution in [0.5, 0.6) is 0 Å². The van der Waals surface area contributed by atoms with E-state index in [-0.39, 0.29) is 18.1 Å². The second kappa shape index (κ2) is 5.83. The monoisotopic (exact) mass is 274 g/mol. The molecule has 3 rings (SSSR count). The summed E-state index contributed by atoms with van der Waals surface area (Å²) in [6, 6.07) is 8.72. The Bertz CT molecular complexity index is 460. The molecule has 2 N–H and O–H groups in total.